The van der Waals surface area contributed by atoms with E-state index in [2.05, 4.69) is 9.88 Å². The van der Waals surface area contributed by atoms with Crippen molar-refractivity contribution >= 4 is 28.9 Å². The molecule has 1 atom stereocenters. The lowest BCUT2D eigenvalue weighted by molar-refractivity contribution is 0.0838. The van der Waals surface area contributed by atoms with Crippen LogP contribution >= 0.6 is 23.2 Å². The van der Waals surface area contributed by atoms with Crippen LogP contribution in [0.4, 0.5) is 5.69 Å². The predicted molar refractivity (Wildman–Crippen MR) is 61.4 cm³/mol. The Balaban J connectivity index is 1.93. The summed E-state index contributed by atoms with van der Waals surface area (Å²) in [5.41, 5.74) is 1.16. The van der Waals surface area contributed by atoms with Crippen molar-refractivity contribution in [1.29, 1.82) is 0 Å². The van der Waals surface area contributed by atoms with Gasteiger partial charge in [-0.25, -0.2) is 0 Å². The van der Waals surface area contributed by atoms with E-state index in [1.54, 1.807) is 12.4 Å². The average molecular weight is 247 g/mol. The van der Waals surface area contributed by atoms with Crippen molar-refractivity contribution in [2.45, 2.75) is 17.5 Å². The molecule has 1 fully saturated rings. The third-order valence-electron chi connectivity index (χ3n) is 2.47. The summed E-state index contributed by atoms with van der Waals surface area (Å²) in [6, 6.07) is 3.97. The second-order valence-electron chi connectivity index (χ2n) is 3.46. The van der Waals surface area contributed by atoms with E-state index in [9.17, 15) is 0 Å². The lowest BCUT2D eigenvalue weighted by atomic mass is 10.3. The molecule has 15 heavy (non-hydrogen) atoms. The maximum absolute atomic E-state index is 5.57. The molecule has 0 spiro atoms. The van der Waals surface area contributed by atoms with Crippen LogP contribution in [0.5, 0.6) is 0 Å². The lowest BCUT2D eigenvalue weighted by Gasteiger charge is -2.18. The third kappa shape index (κ3) is 2.97. The Kier molecular flexibility index (Phi) is 3.67. The van der Waals surface area contributed by atoms with E-state index < -0.39 is 5.02 Å². The summed E-state index contributed by atoms with van der Waals surface area (Å²) in [6.07, 6.45) is 4.65. The SMILES string of the molecule is ClC(Cl)OC1CCN(c2ccncc2)C1. The van der Waals surface area contributed by atoms with Crippen LogP contribution in [-0.2, 0) is 4.74 Å². The normalized spacial score (nSPS) is 21.3. The molecule has 3 nitrogen and oxygen atoms in total. The van der Waals surface area contributed by atoms with Gasteiger partial charge < -0.3 is 9.64 Å². The topological polar surface area (TPSA) is 25.4 Å². The van der Waals surface area contributed by atoms with Crippen molar-refractivity contribution in [2.24, 2.45) is 0 Å². The number of aromatic nitrogens is 1. The monoisotopic (exact) mass is 246 g/mol. The van der Waals surface area contributed by atoms with Gasteiger partial charge in [0.15, 0.2) is 0 Å². The van der Waals surface area contributed by atoms with E-state index in [-0.39, 0.29) is 6.10 Å². The lowest BCUT2D eigenvalue weighted by Crippen LogP contribution is -2.23. The highest BCUT2D eigenvalue weighted by Gasteiger charge is 2.24. The zero-order chi connectivity index (χ0) is 10.7. The highest BCUT2D eigenvalue weighted by atomic mass is 35.5. The first-order valence-corrected chi connectivity index (χ1v) is 5.71. The van der Waals surface area contributed by atoms with E-state index in [0.29, 0.717) is 0 Å². The molecule has 1 saturated heterocycles. The zero-order valence-electron chi connectivity index (χ0n) is 8.14. The number of pyridine rings is 1. The van der Waals surface area contributed by atoms with Gasteiger partial charge >= 0.3 is 0 Å². The van der Waals surface area contributed by atoms with Gasteiger partial charge in [-0.2, -0.15) is 0 Å². The minimum Gasteiger partial charge on any atom is -0.369 e. The molecular formula is C10H12Cl2N2O. The molecule has 0 N–H and O–H groups in total. The molecule has 5 heteroatoms. The van der Waals surface area contributed by atoms with E-state index in [1.807, 2.05) is 12.1 Å². The number of hydrogen-bond acceptors (Lipinski definition) is 3. The summed E-state index contributed by atoms with van der Waals surface area (Å²) in [5, 5.41) is -0.729. The van der Waals surface area contributed by atoms with Gasteiger partial charge in [0.2, 0.25) is 5.02 Å². The number of rotatable bonds is 3. The summed E-state index contributed by atoms with van der Waals surface area (Å²) in [5.74, 6) is 0. The number of hydrogen-bond donors (Lipinski definition) is 0. The highest BCUT2D eigenvalue weighted by molar-refractivity contribution is 6.43. The number of halogens is 2. The van der Waals surface area contributed by atoms with Crippen molar-refractivity contribution in [2.75, 3.05) is 18.0 Å². The quantitative estimate of drug-likeness (QED) is 0.767. The van der Waals surface area contributed by atoms with E-state index in [1.165, 1.54) is 0 Å². The summed E-state index contributed by atoms with van der Waals surface area (Å²) >= 11 is 11.1. The fourth-order valence-electron chi connectivity index (χ4n) is 1.77. The van der Waals surface area contributed by atoms with Gasteiger partial charge in [0.05, 0.1) is 6.10 Å². The zero-order valence-corrected chi connectivity index (χ0v) is 9.66. The molecule has 2 heterocycles. The summed E-state index contributed by atoms with van der Waals surface area (Å²) in [4.78, 5) is 6.22. The minimum atomic E-state index is -0.729. The van der Waals surface area contributed by atoms with Crippen molar-refractivity contribution in [1.82, 2.24) is 4.98 Å². The minimum absolute atomic E-state index is 0.123. The van der Waals surface area contributed by atoms with Gasteiger partial charge in [0.25, 0.3) is 0 Å². The molecule has 0 saturated carbocycles. The van der Waals surface area contributed by atoms with Crippen molar-refractivity contribution in [3.05, 3.63) is 24.5 Å². The molecule has 1 aromatic rings. The Morgan fingerprint density at radius 3 is 2.80 bits per heavy atom. The molecular weight excluding hydrogens is 235 g/mol. The molecule has 0 aromatic carbocycles. The Hall–Kier alpha value is -0.510. The second-order valence-corrected chi connectivity index (χ2v) is 4.48. The largest absolute Gasteiger partial charge is 0.369 e. The maximum atomic E-state index is 5.57. The second kappa shape index (κ2) is 5.01. The Labute approximate surface area is 98.9 Å². The Morgan fingerprint density at radius 2 is 2.13 bits per heavy atom. The maximum Gasteiger partial charge on any atom is 0.206 e. The molecule has 1 unspecified atom stereocenters. The number of anilines is 1. The van der Waals surface area contributed by atoms with Crippen LogP contribution in [0.1, 0.15) is 6.42 Å². The summed E-state index contributed by atoms with van der Waals surface area (Å²) in [6.45, 7) is 1.80. The van der Waals surface area contributed by atoms with Crippen molar-refractivity contribution in [3.63, 3.8) is 0 Å². The number of ether oxygens (including phenoxy) is 1. The predicted octanol–water partition coefficient (Wildman–Crippen LogP) is 2.44. The van der Waals surface area contributed by atoms with Gasteiger partial charge in [-0.1, -0.05) is 23.2 Å². The van der Waals surface area contributed by atoms with E-state index in [4.69, 9.17) is 27.9 Å². The third-order valence-corrected chi connectivity index (χ3v) is 2.67. The molecule has 1 aromatic heterocycles. The fourth-order valence-corrected chi connectivity index (χ4v) is 2.07. The van der Waals surface area contributed by atoms with Crippen molar-refractivity contribution in [3.8, 4) is 0 Å². The summed E-state index contributed by atoms with van der Waals surface area (Å²) < 4.78 is 5.34. The molecule has 1 aliphatic rings. The van der Waals surface area contributed by atoms with Gasteiger partial charge in [0.1, 0.15) is 0 Å². The summed E-state index contributed by atoms with van der Waals surface area (Å²) in [7, 11) is 0. The van der Waals surface area contributed by atoms with Gasteiger partial charge in [0, 0.05) is 31.2 Å². The van der Waals surface area contributed by atoms with Crippen LogP contribution in [0.2, 0.25) is 0 Å². The van der Waals surface area contributed by atoms with Gasteiger partial charge in [-0.3, -0.25) is 4.98 Å². The number of alkyl halides is 2. The first-order valence-electron chi connectivity index (χ1n) is 4.84. The molecule has 0 aliphatic carbocycles. The first-order chi connectivity index (χ1) is 7.25. The highest BCUT2D eigenvalue weighted by Crippen LogP contribution is 2.22. The fraction of sp³-hybridized carbons (Fsp3) is 0.500. The molecule has 82 valence electrons. The van der Waals surface area contributed by atoms with E-state index >= 15 is 0 Å². The Bertz CT molecular complexity index is 308. The molecule has 0 radical (unpaired) electrons. The van der Waals surface area contributed by atoms with Crippen molar-refractivity contribution < 1.29 is 4.74 Å². The van der Waals surface area contributed by atoms with Crippen LogP contribution in [0.3, 0.4) is 0 Å². The van der Waals surface area contributed by atoms with Crippen LogP contribution in [-0.4, -0.2) is 29.2 Å². The van der Waals surface area contributed by atoms with Crippen LogP contribution in [0.25, 0.3) is 0 Å². The van der Waals surface area contributed by atoms with E-state index in [0.717, 1.165) is 25.2 Å². The molecule has 0 bridgehead atoms. The molecule has 0 amide bonds. The Morgan fingerprint density at radius 1 is 1.40 bits per heavy atom. The first kappa shape index (κ1) is 11.0. The van der Waals surface area contributed by atoms with Gasteiger partial charge in [-0.05, 0) is 18.6 Å². The average Bonchev–Trinajstić information content (AvgIpc) is 2.67. The molecule has 2 rings (SSSR count). The molecule has 1 aliphatic heterocycles. The standard InChI is InChI=1S/C10H12Cl2N2O/c11-10(12)15-9-3-6-14(7-9)8-1-4-13-5-2-8/h1-2,4-5,9-10H,3,6-7H2. The van der Waals surface area contributed by atoms with Crippen LogP contribution < -0.4 is 4.90 Å². The van der Waals surface area contributed by atoms with Crippen LogP contribution in [0.15, 0.2) is 24.5 Å². The number of nitrogens with zero attached hydrogens (tertiary/aromatic N) is 2. The van der Waals surface area contributed by atoms with Gasteiger partial charge in [-0.15, -0.1) is 0 Å². The smallest absolute Gasteiger partial charge is 0.206 e. The van der Waals surface area contributed by atoms with Crippen LogP contribution in [0, 0.1) is 0 Å².